The Morgan fingerprint density at radius 2 is 1.82 bits per heavy atom. The molecule has 1 aliphatic rings. The monoisotopic (exact) mass is 444 g/mol. The Balaban J connectivity index is 0.000000696. The Morgan fingerprint density at radius 1 is 1.21 bits per heavy atom. The topological polar surface area (TPSA) is 23.3 Å². The third-order valence-electron chi connectivity index (χ3n) is 3.16. The molecule has 0 fully saturated rings. The lowest BCUT2D eigenvalue weighted by molar-refractivity contribution is -0.437. The smallest absolute Gasteiger partial charge is 0.418 e. The van der Waals surface area contributed by atoms with Gasteiger partial charge in [-0.3, -0.25) is 0 Å². The summed E-state index contributed by atoms with van der Waals surface area (Å²) in [5.41, 5.74) is 0.220. The predicted octanol–water partition coefficient (Wildman–Crippen LogP) is 4.56. The van der Waals surface area contributed by atoms with Gasteiger partial charge in [0.25, 0.3) is 4.38 Å². The molecule has 12 heteroatoms. The van der Waals surface area contributed by atoms with E-state index in [1.54, 1.807) is 16.3 Å². The van der Waals surface area contributed by atoms with E-state index in [0.717, 1.165) is 22.7 Å². The van der Waals surface area contributed by atoms with Crippen molar-refractivity contribution in [3.63, 3.8) is 0 Å². The molecule has 156 valence electrons. The van der Waals surface area contributed by atoms with E-state index in [1.165, 1.54) is 30.0 Å². The normalized spacial score (nSPS) is 16.1. The van der Waals surface area contributed by atoms with E-state index >= 15 is 0 Å². The van der Waals surface area contributed by atoms with E-state index in [2.05, 4.69) is 0 Å². The molecule has 1 aromatic carbocycles. The van der Waals surface area contributed by atoms with Crippen LogP contribution >= 0.6 is 23.5 Å². The second kappa shape index (κ2) is 11.0. The third-order valence-corrected chi connectivity index (χ3v) is 5.43. The Labute approximate surface area is 168 Å². The van der Waals surface area contributed by atoms with E-state index in [1.807, 2.05) is 25.9 Å². The van der Waals surface area contributed by atoms with Crippen LogP contribution in [0.15, 0.2) is 23.1 Å². The number of carbonyl (C=O) groups is 1. The third kappa shape index (κ3) is 8.74. The summed E-state index contributed by atoms with van der Waals surface area (Å²) in [6.45, 7) is 3.36. The van der Waals surface area contributed by atoms with Crippen LogP contribution in [0.1, 0.15) is 12.5 Å². The summed E-state index contributed by atoms with van der Waals surface area (Å²) in [5.74, 6) is -0.568. The Hall–Kier alpha value is -1.40. The molecule has 0 radical (unpaired) electrons. The van der Waals surface area contributed by atoms with Crippen LogP contribution in [0.5, 0.6) is 0 Å². The maximum atomic E-state index is 13.8. The van der Waals surface area contributed by atoms with Gasteiger partial charge in [-0.25, -0.2) is 13.6 Å². The Kier molecular flexibility index (Phi) is 9.65. The molecule has 0 aromatic heterocycles. The molecule has 3 nitrogen and oxygen atoms in total. The summed E-state index contributed by atoms with van der Waals surface area (Å²) in [5, 5.41) is 0. The molecule has 28 heavy (non-hydrogen) atoms. The van der Waals surface area contributed by atoms with E-state index in [0.29, 0.717) is 11.4 Å². The van der Waals surface area contributed by atoms with Crippen LogP contribution in [-0.4, -0.2) is 60.0 Å². The van der Waals surface area contributed by atoms with Crippen LogP contribution in [-0.2, 0) is 4.79 Å². The molecule has 2 rings (SSSR count). The fraction of sp³-hybridized carbons (Fsp3) is 0.375. The largest absolute Gasteiger partial charge is 0.673 e. The molecule has 0 spiro atoms. The summed E-state index contributed by atoms with van der Waals surface area (Å²) >= 11 is 2.94. The van der Waals surface area contributed by atoms with E-state index in [4.69, 9.17) is 0 Å². The Bertz CT molecular complexity index is 762. The fourth-order valence-corrected chi connectivity index (χ4v) is 4.27. The van der Waals surface area contributed by atoms with Crippen molar-refractivity contribution in [2.75, 3.05) is 32.9 Å². The fourth-order valence-electron chi connectivity index (χ4n) is 1.98. The van der Waals surface area contributed by atoms with Gasteiger partial charge in [0, 0.05) is 17.4 Å². The lowest BCUT2D eigenvalue weighted by Gasteiger charge is -2.06. The van der Waals surface area contributed by atoms with Gasteiger partial charge in [0.2, 0.25) is 0 Å². The number of likely N-dealkylation sites (N-methyl/N-ethyl adjacent to an activating group) is 1. The number of rotatable bonds is 5. The number of halogens is 6. The number of hydrogen-bond acceptors (Lipinski definition) is 4. The predicted molar refractivity (Wildman–Crippen MR) is 104 cm³/mol. The zero-order chi connectivity index (χ0) is 21.5. The molecular formula is C16H19BF6N2OS2. The first kappa shape index (κ1) is 24.6. The van der Waals surface area contributed by atoms with Crippen LogP contribution < -0.4 is 0 Å². The molecule has 0 bridgehead atoms. The quantitative estimate of drug-likeness (QED) is 0.288. The van der Waals surface area contributed by atoms with Crippen molar-refractivity contribution in [3.8, 4) is 0 Å². The minimum absolute atomic E-state index is 0.128. The van der Waals surface area contributed by atoms with Gasteiger partial charge in [-0.2, -0.15) is 0 Å². The number of nitrogens with zero attached hydrogens (tertiary/aromatic N) is 2. The van der Waals surface area contributed by atoms with Gasteiger partial charge in [0.15, 0.2) is 6.54 Å². The van der Waals surface area contributed by atoms with Crippen LogP contribution in [0.2, 0.25) is 0 Å². The second-order valence-electron chi connectivity index (χ2n) is 5.73. The summed E-state index contributed by atoms with van der Waals surface area (Å²) < 4.78 is 68.4. The summed E-state index contributed by atoms with van der Waals surface area (Å²) in [7, 11) is -2.10. The van der Waals surface area contributed by atoms with Gasteiger partial charge in [-0.15, -0.1) is 4.58 Å². The maximum absolute atomic E-state index is 13.8. The van der Waals surface area contributed by atoms with Gasteiger partial charge in [-0.05, 0) is 55.8 Å². The van der Waals surface area contributed by atoms with Gasteiger partial charge >= 0.3 is 13.2 Å². The molecule has 0 aliphatic carbocycles. The molecule has 1 aliphatic heterocycles. The highest BCUT2D eigenvalue weighted by Gasteiger charge is 2.37. The average Bonchev–Trinajstić information content (AvgIpc) is 2.82. The first-order valence-corrected chi connectivity index (χ1v) is 9.90. The molecule has 0 N–H and O–H groups in total. The minimum atomic E-state index is -6.00. The van der Waals surface area contributed by atoms with Crippen LogP contribution in [0.3, 0.4) is 0 Å². The molecule has 0 unspecified atom stereocenters. The lowest BCUT2D eigenvalue weighted by Crippen LogP contribution is -2.28. The second-order valence-corrected chi connectivity index (χ2v) is 8.27. The van der Waals surface area contributed by atoms with Crippen molar-refractivity contribution in [3.05, 3.63) is 40.3 Å². The molecule has 1 heterocycles. The lowest BCUT2D eigenvalue weighted by atomic mass is 10.2. The SMILES string of the molecule is CCSC1=[N+](CCN(C)C)C(=O)/C(=C/c2ccc(F)cc2F)S1.F[B-](F)(F)F. The number of carbonyl (C=O) groups excluding carboxylic acids is 1. The molecule has 0 saturated carbocycles. The summed E-state index contributed by atoms with van der Waals surface area (Å²) in [4.78, 5) is 15.0. The summed E-state index contributed by atoms with van der Waals surface area (Å²) in [6.07, 6.45) is 1.49. The van der Waals surface area contributed by atoms with Gasteiger partial charge in [0.1, 0.15) is 16.5 Å². The standard InChI is InChI=1S/C16H19F2N2OS2.BF4/c1-4-22-16-20(8-7-19(2)3)15(21)14(23-16)9-11-5-6-12(17)10-13(11)18;2-1(3,4)5/h5-6,9-10H,4,7-8H2,1-3H3;/q+1;-1/b14-9-;. The summed E-state index contributed by atoms with van der Waals surface area (Å²) in [6, 6.07) is 3.36. The van der Waals surface area contributed by atoms with Crippen molar-refractivity contribution in [1.82, 2.24) is 4.90 Å². The first-order chi connectivity index (χ1) is 12.9. The number of hydrogen-bond donors (Lipinski definition) is 0. The Morgan fingerprint density at radius 3 is 2.32 bits per heavy atom. The van der Waals surface area contributed by atoms with Crippen molar-refractivity contribution in [1.29, 1.82) is 0 Å². The zero-order valence-electron chi connectivity index (χ0n) is 15.4. The van der Waals surface area contributed by atoms with Crippen LogP contribution in [0, 0.1) is 11.6 Å². The average molecular weight is 444 g/mol. The van der Waals surface area contributed by atoms with Crippen molar-refractivity contribution < 1.29 is 35.4 Å². The molecule has 1 amide bonds. The zero-order valence-corrected chi connectivity index (χ0v) is 17.0. The van der Waals surface area contributed by atoms with Crippen molar-refractivity contribution in [2.24, 2.45) is 0 Å². The van der Waals surface area contributed by atoms with E-state index in [-0.39, 0.29) is 11.5 Å². The van der Waals surface area contributed by atoms with E-state index < -0.39 is 18.9 Å². The van der Waals surface area contributed by atoms with Crippen molar-refractivity contribution >= 4 is 47.1 Å². The molecule has 0 saturated heterocycles. The molecule has 0 atom stereocenters. The van der Waals surface area contributed by atoms with Gasteiger partial charge < -0.3 is 22.2 Å². The van der Waals surface area contributed by atoms with Crippen LogP contribution in [0.25, 0.3) is 6.08 Å². The highest BCUT2D eigenvalue weighted by atomic mass is 32.2. The maximum Gasteiger partial charge on any atom is 0.673 e. The minimum Gasteiger partial charge on any atom is -0.418 e. The number of amides is 1. The molecular weight excluding hydrogens is 425 g/mol. The number of thioether (sulfide) groups is 2. The van der Waals surface area contributed by atoms with Gasteiger partial charge in [0.05, 0.1) is 6.54 Å². The van der Waals surface area contributed by atoms with E-state index in [9.17, 15) is 30.8 Å². The molecule has 1 aromatic rings. The van der Waals surface area contributed by atoms with Crippen LogP contribution in [0.4, 0.5) is 26.0 Å². The first-order valence-electron chi connectivity index (χ1n) is 8.10. The van der Waals surface area contributed by atoms with Gasteiger partial charge in [-0.1, -0.05) is 6.92 Å². The van der Waals surface area contributed by atoms with Crippen molar-refractivity contribution in [2.45, 2.75) is 6.92 Å². The highest BCUT2D eigenvalue weighted by molar-refractivity contribution is 8.40. The highest BCUT2D eigenvalue weighted by Crippen LogP contribution is 2.33. The number of benzene rings is 1.